The van der Waals surface area contributed by atoms with Crippen LogP contribution in [0, 0.1) is 11.3 Å². The molecule has 8 nitrogen and oxygen atoms in total. The maximum absolute atomic E-state index is 11.5. The Kier molecular flexibility index (Phi) is 4.14. The van der Waals surface area contributed by atoms with Gasteiger partial charge in [0, 0.05) is 40.8 Å². The van der Waals surface area contributed by atoms with Crippen LogP contribution in [0.15, 0.2) is 61.8 Å². The molecule has 0 saturated heterocycles. The monoisotopic (exact) mass is 395 g/mol. The van der Waals surface area contributed by atoms with E-state index < -0.39 is 0 Å². The first-order valence-corrected chi connectivity index (χ1v) is 9.52. The van der Waals surface area contributed by atoms with E-state index in [9.17, 15) is 10.1 Å². The number of nitrogens with zero attached hydrogens (tertiary/aromatic N) is 6. The summed E-state index contributed by atoms with van der Waals surface area (Å²) in [7, 11) is 0. The van der Waals surface area contributed by atoms with Crippen LogP contribution in [0.25, 0.3) is 27.8 Å². The van der Waals surface area contributed by atoms with Crippen molar-refractivity contribution >= 4 is 17.2 Å². The number of nitrogens with one attached hydrogen (secondary N) is 1. The second kappa shape index (κ2) is 6.97. The van der Waals surface area contributed by atoms with Gasteiger partial charge in [-0.3, -0.25) is 9.48 Å². The highest BCUT2D eigenvalue weighted by Crippen LogP contribution is 2.36. The second-order valence-corrected chi connectivity index (χ2v) is 7.17. The number of aromatic nitrogens is 5. The zero-order chi connectivity index (χ0) is 20.7. The van der Waals surface area contributed by atoms with Gasteiger partial charge in [0.2, 0.25) is 5.91 Å². The van der Waals surface area contributed by atoms with E-state index in [2.05, 4.69) is 33.1 Å². The third kappa shape index (κ3) is 3.12. The Bertz CT molecular complexity index is 1320. The van der Waals surface area contributed by atoms with Gasteiger partial charge in [-0.1, -0.05) is 6.58 Å². The van der Waals surface area contributed by atoms with E-state index in [1.807, 2.05) is 35.4 Å². The van der Waals surface area contributed by atoms with Gasteiger partial charge < -0.3 is 5.32 Å². The lowest BCUT2D eigenvalue weighted by atomic mass is 10.0. The molecule has 0 radical (unpaired) electrons. The van der Waals surface area contributed by atoms with Crippen LogP contribution >= 0.6 is 0 Å². The van der Waals surface area contributed by atoms with Crippen LogP contribution in [0.3, 0.4) is 0 Å². The fourth-order valence-corrected chi connectivity index (χ4v) is 3.41. The average Bonchev–Trinajstić information content (AvgIpc) is 3.35. The van der Waals surface area contributed by atoms with Crippen molar-refractivity contribution in [3.05, 3.63) is 67.4 Å². The number of rotatable bonds is 5. The maximum atomic E-state index is 11.5. The summed E-state index contributed by atoms with van der Waals surface area (Å²) >= 11 is 0. The highest BCUT2D eigenvalue weighted by Gasteiger charge is 2.24. The van der Waals surface area contributed by atoms with E-state index in [0.29, 0.717) is 22.9 Å². The predicted octanol–water partition coefficient (Wildman–Crippen LogP) is 3.59. The largest absolute Gasteiger partial charge is 0.307 e. The molecule has 0 aromatic carbocycles. The first kappa shape index (κ1) is 17.8. The SMILES string of the molecule is C=CC(=O)Nc1ccc(-c2cc(-c3cnn(C4CC4)c3)cn3ncc(C#N)c23)cn1. The van der Waals surface area contributed by atoms with Gasteiger partial charge in [0.15, 0.2) is 0 Å². The van der Waals surface area contributed by atoms with Gasteiger partial charge >= 0.3 is 0 Å². The third-order valence-corrected chi connectivity index (χ3v) is 5.10. The molecule has 30 heavy (non-hydrogen) atoms. The molecule has 4 heterocycles. The fraction of sp³-hybridized carbons (Fsp3) is 0.136. The Morgan fingerprint density at radius 3 is 2.73 bits per heavy atom. The number of carbonyl (C=O) groups excluding carboxylic acids is 1. The number of anilines is 1. The van der Waals surface area contributed by atoms with Gasteiger partial charge in [-0.2, -0.15) is 15.5 Å². The van der Waals surface area contributed by atoms with Crippen LogP contribution in [-0.4, -0.2) is 30.3 Å². The summed E-state index contributed by atoms with van der Waals surface area (Å²) in [4.78, 5) is 15.8. The molecule has 146 valence electrons. The van der Waals surface area contributed by atoms with E-state index in [4.69, 9.17) is 0 Å². The molecule has 0 bridgehead atoms. The number of hydrogen-bond acceptors (Lipinski definition) is 5. The Labute approximate surface area is 172 Å². The molecule has 1 saturated carbocycles. The molecule has 4 aromatic rings. The Hall–Kier alpha value is -4.25. The Morgan fingerprint density at radius 1 is 1.17 bits per heavy atom. The first-order valence-electron chi connectivity index (χ1n) is 9.52. The van der Waals surface area contributed by atoms with Gasteiger partial charge in [-0.15, -0.1) is 0 Å². The van der Waals surface area contributed by atoms with E-state index in [1.165, 1.54) is 6.08 Å². The van der Waals surface area contributed by atoms with Crippen LogP contribution in [0.4, 0.5) is 5.82 Å². The maximum Gasteiger partial charge on any atom is 0.248 e. The van der Waals surface area contributed by atoms with E-state index in [0.717, 1.165) is 35.1 Å². The molecular formula is C22H17N7O. The van der Waals surface area contributed by atoms with Crippen molar-refractivity contribution in [2.24, 2.45) is 0 Å². The number of hydrogen-bond donors (Lipinski definition) is 1. The number of pyridine rings is 2. The summed E-state index contributed by atoms with van der Waals surface area (Å²) in [5, 5.41) is 21.0. The lowest BCUT2D eigenvalue weighted by Gasteiger charge is -2.09. The van der Waals surface area contributed by atoms with Gasteiger partial charge in [0.05, 0.1) is 29.5 Å². The normalized spacial score (nSPS) is 13.2. The molecule has 1 amide bonds. The molecule has 4 aromatic heterocycles. The summed E-state index contributed by atoms with van der Waals surface area (Å²) in [5.74, 6) is 0.102. The predicted molar refractivity (Wildman–Crippen MR) is 111 cm³/mol. The lowest BCUT2D eigenvalue weighted by Crippen LogP contribution is -2.08. The van der Waals surface area contributed by atoms with E-state index >= 15 is 0 Å². The van der Waals surface area contributed by atoms with Gasteiger partial charge in [0.1, 0.15) is 11.9 Å². The highest BCUT2D eigenvalue weighted by molar-refractivity contribution is 5.98. The van der Waals surface area contributed by atoms with Crippen LogP contribution in [-0.2, 0) is 4.79 Å². The summed E-state index contributed by atoms with van der Waals surface area (Å²) in [6.07, 6.45) is 12.5. The summed E-state index contributed by atoms with van der Waals surface area (Å²) in [6, 6.07) is 8.29. The Balaban J connectivity index is 1.61. The Morgan fingerprint density at radius 2 is 2.03 bits per heavy atom. The minimum absolute atomic E-state index is 0.324. The molecule has 1 aliphatic rings. The molecule has 8 heteroatoms. The van der Waals surface area contributed by atoms with Crippen LogP contribution in [0.5, 0.6) is 0 Å². The topological polar surface area (TPSA) is 101 Å². The molecule has 0 atom stereocenters. The van der Waals surface area contributed by atoms with Crippen molar-refractivity contribution in [3.8, 4) is 28.3 Å². The first-order chi connectivity index (χ1) is 14.7. The van der Waals surface area contributed by atoms with Gasteiger partial charge in [-0.05, 0) is 37.1 Å². The average molecular weight is 395 g/mol. The van der Waals surface area contributed by atoms with Gasteiger partial charge in [-0.25, -0.2) is 9.50 Å². The van der Waals surface area contributed by atoms with Gasteiger partial charge in [0.25, 0.3) is 0 Å². The number of nitriles is 1. The molecule has 1 N–H and O–H groups in total. The minimum Gasteiger partial charge on any atom is -0.307 e. The summed E-state index contributed by atoms with van der Waals surface area (Å²) in [6.45, 7) is 3.44. The minimum atomic E-state index is -0.324. The number of fused-ring (bicyclic) bond motifs is 1. The van der Waals surface area contributed by atoms with Crippen LogP contribution in [0.1, 0.15) is 24.4 Å². The molecule has 5 rings (SSSR count). The molecule has 0 aliphatic heterocycles. The standard InChI is InChI=1S/C22H17N7O/c1-2-21(30)27-20-6-3-14(9-24-20)19-7-15(12-29-22(19)16(8-23)10-26-29)17-11-25-28(13-17)18-4-5-18/h2-3,6-7,9-13,18H,1,4-5H2,(H,24,27,30). The van der Waals surface area contributed by atoms with Crippen molar-refractivity contribution in [3.63, 3.8) is 0 Å². The van der Waals surface area contributed by atoms with Crippen LogP contribution in [0.2, 0.25) is 0 Å². The van der Waals surface area contributed by atoms with E-state index in [-0.39, 0.29) is 5.91 Å². The quantitative estimate of drug-likeness (QED) is 0.521. The van der Waals surface area contributed by atoms with Crippen molar-refractivity contribution in [1.82, 2.24) is 24.4 Å². The van der Waals surface area contributed by atoms with Crippen molar-refractivity contribution in [1.29, 1.82) is 5.26 Å². The zero-order valence-corrected chi connectivity index (χ0v) is 16.0. The smallest absolute Gasteiger partial charge is 0.248 e. The van der Waals surface area contributed by atoms with Crippen molar-refractivity contribution in [2.45, 2.75) is 18.9 Å². The zero-order valence-electron chi connectivity index (χ0n) is 16.0. The molecule has 1 fully saturated rings. The van der Waals surface area contributed by atoms with Crippen molar-refractivity contribution in [2.75, 3.05) is 5.32 Å². The van der Waals surface area contributed by atoms with E-state index in [1.54, 1.807) is 23.0 Å². The number of amides is 1. The molecule has 1 aliphatic carbocycles. The highest BCUT2D eigenvalue weighted by atomic mass is 16.1. The molecule has 0 spiro atoms. The van der Waals surface area contributed by atoms with Crippen LogP contribution < -0.4 is 5.32 Å². The molecular weight excluding hydrogens is 378 g/mol. The summed E-state index contributed by atoms with van der Waals surface area (Å²) < 4.78 is 3.71. The summed E-state index contributed by atoms with van der Waals surface area (Å²) in [5.41, 5.74) is 4.76. The number of carbonyl (C=O) groups is 1. The van der Waals surface area contributed by atoms with Crippen molar-refractivity contribution < 1.29 is 4.79 Å². The second-order valence-electron chi connectivity index (χ2n) is 7.17. The third-order valence-electron chi connectivity index (χ3n) is 5.10. The fourth-order valence-electron chi connectivity index (χ4n) is 3.41. The molecule has 0 unspecified atom stereocenters. The lowest BCUT2D eigenvalue weighted by molar-refractivity contribution is -0.111.